The van der Waals surface area contributed by atoms with Gasteiger partial charge in [-0.2, -0.15) is 13.9 Å². The van der Waals surface area contributed by atoms with Crippen LogP contribution in [0.1, 0.15) is 65.6 Å². The van der Waals surface area contributed by atoms with Crippen LogP contribution in [0.25, 0.3) is 16.9 Å². The number of ether oxygens (including phenoxy) is 1. The first-order chi connectivity index (χ1) is 28.3. The van der Waals surface area contributed by atoms with Crippen LogP contribution in [0, 0.1) is 17.6 Å². The number of amidine groups is 1. The number of sulfonamides is 1. The summed E-state index contributed by atoms with van der Waals surface area (Å²) in [5, 5.41) is 9.01. The van der Waals surface area contributed by atoms with Crippen LogP contribution in [0.3, 0.4) is 0 Å². The molecule has 15 nitrogen and oxygen atoms in total. The number of hydrogen-bond donors (Lipinski definition) is 3. The number of amides is 1. The zero-order chi connectivity index (χ0) is 43.4. The highest BCUT2D eigenvalue weighted by Crippen LogP contribution is 2.68. The largest absolute Gasteiger partial charge is 0.464 e. The monoisotopic (exact) mass is 878 g/mol. The number of alkyl halides is 4. The van der Waals surface area contributed by atoms with Crippen molar-refractivity contribution in [1.82, 2.24) is 34.6 Å². The highest BCUT2D eigenvalue weighted by atomic mass is 35.5. The highest BCUT2D eigenvalue weighted by Gasteiger charge is 2.67. The van der Waals surface area contributed by atoms with E-state index in [-0.39, 0.29) is 69.2 Å². The predicted octanol–water partition coefficient (Wildman–Crippen LogP) is 5.17. The fourth-order valence-corrected chi connectivity index (χ4v) is 8.08. The first-order valence-electron chi connectivity index (χ1n) is 18.0. The van der Waals surface area contributed by atoms with Crippen LogP contribution in [-0.2, 0) is 33.7 Å². The van der Waals surface area contributed by atoms with Crippen LogP contribution in [0.5, 0.6) is 6.01 Å². The van der Waals surface area contributed by atoms with Crippen molar-refractivity contribution in [3.05, 3.63) is 110 Å². The van der Waals surface area contributed by atoms with Gasteiger partial charge in [-0.05, 0) is 49.1 Å². The van der Waals surface area contributed by atoms with E-state index in [1.807, 2.05) is 0 Å². The molecule has 2 aliphatic carbocycles. The van der Waals surface area contributed by atoms with Gasteiger partial charge in [0.15, 0.2) is 0 Å². The summed E-state index contributed by atoms with van der Waals surface area (Å²) in [6, 6.07) is 4.56. The van der Waals surface area contributed by atoms with Gasteiger partial charge in [-0.15, -0.1) is 4.40 Å². The first kappa shape index (κ1) is 42.1. The van der Waals surface area contributed by atoms with Gasteiger partial charge in [0.25, 0.3) is 27.9 Å². The summed E-state index contributed by atoms with van der Waals surface area (Å²) < 4.78 is 123. The van der Waals surface area contributed by atoms with Gasteiger partial charge in [0.05, 0.1) is 46.6 Å². The van der Waals surface area contributed by atoms with Gasteiger partial charge < -0.3 is 21.1 Å². The van der Waals surface area contributed by atoms with Crippen LogP contribution in [0.4, 0.5) is 32.0 Å². The molecule has 3 heterocycles. The van der Waals surface area contributed by atoms with Crippen molar-refractivity contribution in [2.75, 3.05) is 25.2 Å². The fraction of sp³-hybridized carbons (Fsp3) is 0.324. The lowest BCUT2D eigenvalue weighted by molar-refractivity contribution is -0.123. The average Bonchev–Trinajstić information content (AvgIpc) is 3.82. The highest BCUT2D eigenvalue weighted by molar-refractivity contribution is 7.89. The molecule has 0 bridgehead atoms. The van der Waals surface area contributed by atoms with Crippen LogP contribution in [0.2, 0.25) is 5.02 Å². The Morgan fingerprint density at radius 2 is 1.82 bits per heavy atom. The van der Waals surface area contributed by atoms with Gasteiger partial charge in [0.2, 0.25) is 5.91 Å². The number of nitrogens with zero attached hydrogens (tertiary/aromatic N) is 7. The van der Waals surface area contributed by atoms with Crippen molar-refractivity contribution >= 4 is 39.1 Å². The zero-order valence-corrected chi connectivity index (χ0v) is 33.1. The second kappa shape index (κ2) is 15.9. The van der Waals surface area contributed by atoms with Crippen molar-refractivity contribution in [3.8, 4) is 23.0 Å². The average molecular weight is 879 g/mol. The third-order valence-corrected chi connectivity index (χ3v) is 10.6. The van der Waals surface area contributed by atoms with Crippen molar-refractivity contribution in [2.45, 2.75) is 50.6 Å². The summed E-state index contributed by atoms with van der Waals surface area (Å²) in [6.07, 6.45) is -0.392. The SMILES string of the molecule is CCOc1ncc(-c2cc(=O)n(-c3ccc(Cl)c(C(N)=NS(C)(=O)=O)c3NC)c([C@H](Cc3cc(F)cc(F)c3)NC(=O)Cn3nc(C(F)F)c4c3C(F)(F)[C@@H]3C[C@H]43)n2)cn1. The molecule has 2 aromatic carbocycles. The lowest BCUT2D eigenvalue weighted by atomic mass is 10.0. The number of benzene rings is 2. The van der Waals surface area contributed by atoms with Gasteiger partial charge in [0, 0.05) is 55.0 Å². The summed E-state index contributed by atoms with van der Waals surface area (Å²) in [4.78, 5) is 41.4. The lowest BCUT2D eigenvalue weighted by Crippen LogP contribution is -2.38. The van der Waals surface area contributed by atoms with E-state index < -0.39 is 93.5 Å². The maximum Gasteiger partial charge on any atom is 0.316 e. The number of halogens is 7. The van der Waals surface area contributed by atoms with E-state index in [0.717, 1.165) is 29.0 Å². The molecule has 7 rings (SSSR count). The number of rotatable bonds is 14. The predicted molar refractivity (Wildman–Crippen MR) is 205 cm³/mol. The van der Waals surface area contributed by atoms with E-state index in [4.69, 9.17) is 27.1 Å². The molecule has 0 saturated heterocycles. The third kappa shape index (κ3) is 8.12. The molecular weight excluding hydrogens is 846 g/mol. The molecule has 1 fully saturated rings. The molecule has 0 unspecified atom stereocenters. The number of nitrogens with one attached hydrogen (secondary N) is 2. The summed E-state index contributed by atoms with van der Waals surface area (Å²) in [6.45, 7) is 0.928. The van der Waals surface area contributed by atoms with Gasteiger partial charge in [-0.25, -0.2) is 40.9 Å². The minimum atomic E-state index is -4.09. The Morgan fingerprint density at radius 1 is 1.13 bits per heavy atom. The molecule has 1 amide bonds. The lowest BCUT2D eigenvalue weighted by Gasteiger charge is -2.25. The van der Waals surface area contributed by atoms with E-state index >= 15 is 8.78 Å². The quantitative estimate of drug-likeness (QED) is 0.0755. The zero-order valence-electron chi connectivity index (χ0n) is 31.6. The molecule has 0 spiro atoms. The van der Waals surface area contributed by atoms with E-state index in [1.54, 1.807) is 6.92 Å². The standard InChI is InChI=1S/C37H33ClF6N10O5S/c1-4-59-36-47-13-17(14-48-36)23-12-27(56)54(25-6-5-22(38)29(30(25)46-2)34(45)52-60(3,57)58)35(50-23)24(9-16-7-18(39)10-19(40)8-16)49-26(55)15-53-32-28(31(51-53)33(41)42)20-11-21(20)37(32,43)44/h5-8,10,12-14,20-21,24,33,46H,4,9,11,15H2,1-3H3,(H2,45,52)(H,49,55)/t20-,21+,24-/m0/s1. The van der Waals surface area contributed by atoms with E-state index in [0.29, 0.717) is 10.7 Å². The number of fused-ring (bicyclic) bond motifs is 3. The number of carbonyl (C=O) groups excluding carboxylic acids is 1. The van der Waals surface area contributed by atoms with Gasteiger partial charge >= 0.3 is 6.01 Å². The Morgan fingerprint density at radius 3 is 2.43 bits per heavy atom. The molecule has 2 aliphatic rings. The number of anilines is 1. The van der Waals surface area contributed by atoms with Crippen molar-refractivity contribution in [3.63, 3.8) is 0 Å². The molecule has 3 aromatic heterocycles. The molecule has 316 valence electrons. The van der Waals surface area contributed by atoms with Crippen LogP contribution in [0.15, 0.2) is 58.0 Å². The summed E-state index contributed by atoms with van der Waals surface area (Å²) in [7, 11) is -2.70. The number of aromatic nitrogens is 6. The van der Waals surface area contributed by atoms with Crippen LogP contribution in [-0.4, -0.2) is 69.4 Å². The maximum absolute atomic E-state index is 15.4. The van der Waals surface area contributed by atoms with Crippen molar-refractivity contribution in [2.24, 2.45) is 16.0 Å². The minimum absolute atomic E-state index is 0.00299. The van der Waals surface area contributed by atoms with E-state index in [9.17, 15) is 35.6 Å². The summed E-state index contributed by atoms with van der Waals surface area (Å²) >= 11 is 6.49. The van der Waals surface area contributed by atoms with Gasteiger partial charge in [-0.1, -0.05) is 11.6 Å². The molecule has 60 heavy (non-hydrogen) atoms. The second-order valence-electron chi connectivity index (χ2n) is 13.9. The number of carbonyl (C=O) groups is 1. The molecular formula is C37H33ClF6N10O5S. The Hall–Kier alpha value is -6.03. The molecule has 0 aliphatic heterocycles. The van der Waals surface area contributed by atoms with Gasteiger partial charge in [0.1, 0.15) is 41.2 Å². The first-order valence-corrected chi connectivity index (χ1v) is 20.2. The molecule has 1 saturated carbocycles. The van der Waals surface area contributed by atoms with Gasteiger partial charge in [-0.3, -0.25) is 18.8 Å². The van der Waals surface area contributed by atoms with E-state index in [2.05, 4.69) is 30.1 Å². The summed E-state index contributed by atoms with van der Waals surface area (Å²) in [5.41, 5.74) is 2.94. The Labute approximate surface area is 341 Å². The van der Waals surface area contributed by atoms with Crippen LogP contribution >= 0.6 is 11.6 Å². The Balaban J connectivity index is 1.43. The molecule has 0 radical (unpaired) electrons. The van der Waals surface area contributed by atoms with Crippen molar-refractivity contribution in [1.29, 1.82) is 0 Å². The maximum atomic E-state index is 15.4. The molecule has 5 aromatic rings. The smallest absolute Gasteiger partial charge is 0.316 e. The number of nitrogens with two attached hydrogens (primary N) is 1. The number of hydrogen-bond acceptors (Lipinski definition) is 10. The summed E-state index contributed by atoms with van der Waals surface area (Å²) in [5.74, 6) is -9.66. The molecule has 4 N–H and O–H groups in total. The van der Waals surface area contributed by atoms with Crippen molar-refractivity contribution < 1.29 is 44.3 Å². The molecule has 3 atom stereocenters. The molecule has 23 heteroatoms. The van der Waals surface area contributed by atoms with E-state index in [1.165, 1.54) is 31.6 Å². The Kier molecular flexibility index (Phi) is 11.1. The second-order valence-corrected chi connectivity index (χ2v) is 16.0. The Bertz CT molecular complexity index is 2710. The topological polar surface area (TPSA) is 201 Å². The normalized spacial score (nSPS) is 17.3. The fourth-order valence-electron chi connectivity index (χ4n) is 7.38. The minimum Gasteiger partial charge on any atom is -0.464 e. The third-order valence-electron chi connectivity index (χ3n) is 9.76. The van der Waals surface area contributed by atoms with Crippen LogP contribution < -0.4 is 26.7 Å².